The molecule has 2 rings (SSSR count). The summed E-state index contributed by atoms with van der Waals surface area (Å²) in [5, 5.41) is 3.39. The molecule has 0 spiro atoms. The van der Waals surface area contributed by atoms with Gasteiger partial charge in [-0.1, -0.05) is 38.0 Å². The highest BCUT2D eigenvalue weighted by atomic mass is 19.1. The fraction of sp³-hybridized carbons (Fsp3) is 0.571. The predicted octanol–water partition coefficient (Wildman–Crippen LogP) is 3.25. The van der Waals surface area contributed by atoms with Crippen molar-refractivity contribution in [2.24, 2.45) is 0 Å². The molecular formula is C14H20FN. The molecule has 16 heavy (non-hydrogen) atoms. The minimum atomic E-state index is -0.0395. The van der Waals surface area contributed by atoms with Crippen LogP contribution in [0.4, 0.5) is 4.39 Å². The second-order valence-corrected chi connectivity index (χ2v) is 4.75. The summed E-state index contributed by atoms with van der Waals surface area (Å²) < 4.78 is 13.9. The summed E-state index contributed by atoms with van der Waals surface area (Å²) in [6, 6.07) is 7.26. The molecule has 1 fully saturated rings. The molecule has 1 aliphatic rings. The standard InChI is InChI=1S/C14H20FN/c1-2-16-11-14(9-5-6-10-14)12-7-3-4-8-13(12)15/h3-4,7-8,16H,2,5-6,9-11H2,1H3. The zero-order chi connectivity index (χ0) is 11.4. The molecule has 0 bridgehead atoms. The molecule has 0 aliphatic heterocycles. The second kappa shape index (κ2) is 4.96. The second-order valence-electron chi connectivity index (χ2n) is 4.75. The first kappa shape index (κ1) is 11.6. The largest absolute Gasteiger partial charge is 0.316 e. The van der Waals surface area contributed by atoms with Crippen molar-refractivity contribution in [2.75, 3.05) is 13.1 Å². The third kappa shape index (κ3) is 2.12. The van der Waals surface area contributed by atoms with E-state index in [9.17, 15) is 4.39 Å². The molecule has 1 nitrogen and oxygen atoms in total. The number of hydrogen-bond acceptors (Lipinski definition) is 1. The van der Waals surface area contributed by atoms with Crippen molar-refractivity contribution in [1.82, 2.24) is 5.32 Å². The van der Waals surface area contributed by atoms with Gasteiger partial charge in [0.1, 0.15) is 5.82 Å². The molecule has 0 heterocycles. The Hall–Kier alpha value is -0.890. The van der Waals surface area contributed by atoms with E-state index in [0.29, 0.717) is 0 Å². The van der Waals surface area contributed by atoms with Gasteiger partial charge in [0.25, 0.3) is 0 Å². The molecule has 1 aliphatic carbocycles. The van der Waals surface area contributed by atoms with Crippen LogP contribution in [0.15, 0.2) is 24.3 Å². The van der Waals surface area contributed by atoms with Gasteiger partial charge in [-0.05, 0) is 31.0 Å². The van der Waals surface area contributed by atoms with Crippen molar-refractivity contribution in [3.8, 4) is 0 Å². The van der Waals surface area contributed by atoms with E-state index in [1.165, 1.54) is 12.8 Å². The Balaban J connectivity index is 2.28. The maximum Gasteiger partial charge on any atom is 0.127 e. The van der Waals surface area contributed by atoms with Crippen LogP contribution in [0.3, 0.4) is 0 Å². The Bertz CT molecular complexity index is 342. The highest BCUT2D eigenvalue weighted by Crippen LogP contribution is 2.41. The summed E-state index contributed by atoms with van der Waals surface area (Å²) in [6.07, 6.45) is 4.67. The van der Waals surface area contributed by atoms with Gasteiger partial charge in [-0.2, -0.15) is 0 Å². The smallest absolute Gasteiger partial charge is 0.127 e. The van der Waals surface area contributed by atoms with Crippen LogP contribution in [-0.4, -0.2) is 13.1 Å². The van der Waals surface area contributed by atoms with Crippen molar-refractivity contribution in [2.45, 2.75) is 38.0 Å². The number of nitrogens with one attached hydrogen (secondary N) is 1. The number of likely N-dealkylation sites (N-methyl/N-ethyl adjacent to an activating group) is 1. The van der Waals surface area contributed by atoms with E-state index in [4.69, 9.17) is 0 Å². The van der Waals surface area contributed by atoms with Crippen molar-refractivity contribution >= 4 is 0 Å². The van der Waals surface area contributed by atoms with Crippen molar-refractivity contribution < 1.29 is 4.39 Å². The molecule has 0 atom stereocenters. The summed E-state index contributed by atoms with van der Waals surface area (Å²) >= 11 is 0. The van der Waals surface area contributed by atoms with Crippen LogP contribution in [-0.2, 0) is 5.41 Å². The number of halogens is 1. The third-order valence-corrected chi connectivity index (χ3v) is 3.72. The quantitative estimate of drug-likeness (QED) is 0.823. The van der Waals surface area contributed by atoms with E-state index < -0.39 is 0 Å². The Kier molecular flexibility index (Phi) is 3.59. The Morgan fingerprint density at radius 1 is 1.25 bits per heavy atom. The zero-order valence-electron chi connectivity index (χ0n) is 9.93. The lowest BCUT2D eigenvalue weighted by Crippen LogP contribution is -2.36. The summed E-state index contributed by atoms with van der Waals surface area (Å²) in [5.74, 6) is -0.0395. The van der Waals surface area contributed by atoms with Gasteiger partial charge in [0.15, 0.2) is 0 Å². The van der Waals surface area contributed by atoms with E-state index in [0.717, 1.165) is 31.5 Å². The molecule has 2 heteroatoms. The molecule has 1 aromatic carbocycles. The minimum absolute atomic E-state index is 0.0395. The molecule has 0 saturated heterocycles. The topological polar surface area (TPSA) is 12.0 Å². The Morgan fingerprint density at radius 3 is 2.56 bits per heavy atom. The van der Waals surface area contributed by atoms with E-state index in [1.807, 2.05) is 12.1 Å². The fourth-order valence-corrected chi connectivity index (χ4v) is 2.85. The van der Waals surface area contributed by atoms with Gasteiger partial charge in [-0.3, -0.25) is 0 Å². The summed E-state index contributed by atoms with van der Waals surface area (Å²) in [6.45, 7) is 3.96. The summed E-state index contributed by atoms with van der Waals surface area (Å²) in [5.41, 5.74) is 0.954. The van der Waals surface area contributed by atoms with Gasteiger partial charge in [0.05, 0.1) is 0 Å². The van der Waals surface area contributed by atoms with Gasteiger partial charge in [0.2, 0.25) is 0 Å². The van der Waals surface area contributed by atoms with Gasteiger partial charge in [0, 0.05) is 12.0 Å². The molecule has 0 amide bonds. The molecule has 88 valence electrons. The van der Waals surface area contributed by atoms with Gasteiger partial charge in [-0.25, -0.2) is 4.39 Å². The van der Waals surface area contributed by atoms with Gasteiger partial charge in [-0.15, -0.1) is 0 Å². The van der Waals surface area contributed by atoms with Crippen LogP contribution in [0.25, 0.3) is 0 Å². The average molecular weight is 221 g/mol. The summed E-state index contributed by atoms with van der Waals surface area (Å²) in [4.78, 5) is 0. The lowest BCUT2D eigenvalue weighted by molar-refractivity contribution is 0.391. The lowest BCUT2D eigenvalue weighted by Gasteiger charge is -2.30. The van der Waals surface area contributed by atoms with Crippen LogP contribution in [0.5, 0.6) is 0 Å². The zero-order valence-corrected chi connectivity index (χ0v) is 9.93. The maximum atomic E-state index is 13.9. The summed E-state index contributed by atoms with van der Waals surface area (Å²) in [7, 11) is 0. The van der Waals surface area contributed by atoms with E-state index >= 15 is 0 Å². The predicted molar refractivity (Wildman–Crippen MR) is 65.1 cm³/mol. The van der Waals surface area contributed by atoms with Crippen molar-refractivity contribution in [3.05, 3.63) is 35.6 Å². The molecule has 1 aromatic rings. The van der Waals surface area contributed by atoms with E-state index in [-0.39, 0.29) is 11.2 Å². The molecule has 0 unspecified atom stereocenters. The maximum absolute atomic E-state index is 13.9. The van der Waals surface area contributed by atoms with Crippen LogP contribution in [0.1, 0.15) is 38.2 Å². The number of benzene rings is 1. The third-order valence-electron chi connectivity index (χ3n) is 3.72. The van der Waals surface area contributed by atoms with Gasteiger partial charge < -0.3 is 5.32 Å². The van der Waals surface area contributed by atoms with Crippen molar-refractivity contribution in [3.63, 3.8) is 0 Å². The first-order valence-corrected chi connectivity index (χ1v) is 6.24. The van der Waals surface area contributed by atoms with Crippen LogP contribution in [0.2, 0.25) is 0 Å². The number of rotatable bonds is 4. The van der Waals surface area contributed by atoms with Crippen LogP contribution >= 0.6 is 0 Å². The fourth-order valence-electron chi connectivity index (χ4n) is 2.85. The van der Waals surface area contributed by atoms with E-state index in [2.05, 4.69) is 12.2 Å². The van der Waals surface area contributed by atoms with Crippen LogP contribution < -0.4 is 5.32 Å². The molecular weight excluding hydrogens is 201 g/mol. The SMILES string of the molecule is CCNCC1(c2ccccc2F)CCCC1. The first-order valence-electron chi connectivity index (χ1n) is 6.24. The lowest BCUT2D eigenvalue weighted by atomic mass is 9.78. The Morgan fingerprint density at radius 2 is 1.94 bits per heavy atom. The van der Waals surface area contributed by atoms with Crippen molar-refractivity contribution in [1.29, 1.82) is 0 Å². The highest BCUT2D eigenvalue weighted by molar-refractivity contribution is 5.28. The highest BCUT2D eigenvalue weighted by Gasteiger charge is 2.36. The molecule has 1 N–H and O–H groups in total. The average Bonchev–Trinajstić information content (AvgIpc) is 2.77. The van der Waals surface area contributed by atoms with E-state index in [1.54, 1.807) is 12.1 Å². The molecule has 0 aromatic heterocycles. The molecule has 0 radical (unpaired) electrons. The number of hydrogen-bond donors (Lipinski definition) is 1. The Labute approximate surface area is 97.1 Å². The van der Waals surface area contributed by atoms with Crippen LogP contribution in [0, 0.1) is 5.82 Å². The monoisotopic (exact) mass is 221 g/mol. The minimum Gasteiger partial charge on any atom is -0.316 e. The normalized spacial score (nSPS) is 18.9. The molecule has 1 saturated carbocycles. The first-order chi connectivity index (χ1) is 7.78. The van der Waals surface area contributed by atoms with Gasteiger partial charge >= 0.3 is 0 Å².